The van der Waals surface area contributed by atoms with Crippen LogP contribution in [-0.2, 0) is 7.05 Å². The Labute approximate surface area is 76.4 Å². The van der Waals surface area contributed by atoms with E-state index in [1.54, 1.807) is 24.0 Å². The van der Waals surface area contributed by atoms with Crippen LogP contribution < -0.4 is 0 Å². The molecule has 0 bridgehead atoms. The van der Waals surface area contributed by atoms with Crippen LogP contribution in [0.15, 0.2) is 18.1 Å². The SMILES string of the molecule is CC(=C(C#N)C#N)c1cn(C)cn1. The summed E-state index contributed by atoms with van der Waals surface area (Å²) in [5.41, 5.74) is 1.39. The van der Waals surface area contributed by atoms with Gasteiger partial charge in [-0.3, -0.25) is 0 Å². The fourth-order valence-electron chi connectivity index (χ4n) is 0.927. The number of allylic oxidation sites excluding steroid dienone is 2. The second kappa shape index (κ2) is 3.55. The van der Waals surface area contributed by atoms with Gasteiger partial charge in [-0.15, -0.1) is 0 Å². The molecule has 0 saturated carbocycles. The Kier molecular flexibility index (Phi) is 2.47. The molecule has 4 heteroatoms. The summed E-state index contributed by atoms with van der Waals surface area (Å²) in [6, 6.07) is 3.66. The Morgan fingerprint density at radius 2 is 2.08 bits per heavy atom. The normalized spacial score (nSPS) is 8.62. The van der Waals surface area contributed by atoms with Gasteiger partial charge in [0.05, 0.1) is 12.0 Å². The van der Waals surface area contributed by atoms with E-state index in [-0.39, 0.29) is 5.57 Å². The van der Waals surface area contributed by atoms with E-state index < -0.39 is 0 Å². The van der Waals surface area contributed by atoms with Crippen molar-refractivity contribution in [3.8, 4) is 12.1 Å². The molecule has 1 heterocycles. The van der Waals surface area contributed by atoms with Crippen LogP contribution in [0.3, 0.4) is 0 Å². The number of nitrogens with zero attached hydrogens (tertiary/aromatic N) is 4. The maximum absolute atomic E-state index is 8.60. The highest BCUT2D eigenvalue weighted by Gasteiger charge is 2.05. The summed E-state index contributed by atoms with van der Waals surface area (Å²) in [6.07, 6.45) is 3.40. The summed E-state index contributed by atoms with van der Waals surface area (Å²) >= 11 is 0. The maximum Gasteiger partial charge on any atom is 0.134 e. The Balaban J connectivity index is 3.19. The van der Waals surface area contributed by atoms with Crippen molar-refractivity contribution in [3.63, 3.8) is 0 Å². The fraction of sp³-hybridized carbons (Fsp3) is 0.222. The first-order valence-electron chi connectivity index (χ1n) is 3.68. The summed E-state index contributed by atoms with van der Waals surface area (Å²) in [5, 5.41) is 17.2. The van der Waals surface area contributed by atoms with Gasteiger partial charge in [0.25, 0.3) is 0 Å². The van der Waals surface area contributed by atoms with Gasteiger partial charge in [-0.05, 0) is 6.92 Å². The van der Waals surface area contributed by atoms with Gasteiger partial charge in [0.15, 0.2) is 0 Å². The Morgan fingerprint density at radius 3 is 2.46 bits per heavy atom. The zero-order chi connectivity index (χ0) is 9.84. The van der Waals surface area contributed by atoms with E-state index >= 15 is 0 Å². The number of aromatic nitrogens is 2. The molecule has 13 heavy (non-hydrogen) atoms. The minimum absolute atomic E-state index is 0.110. The van der Waals surface area contributed by atoms with Crippen LogP contribution in [0.5, 0.6) is 0 Å². The van der Waals surface area contributed by atoms with E-state index in [1.807, 2.05) is 19.2 Å². The minimum Gasteiger partial charge on any atom is -0.340 e. The van der Waals surface area contributed by atoms with Crippen molar-refractivity contribution in [2.45, 2.75) is 6.92 Å². The molecule has 0 aromatic carbocycles. The van der Waals surface area contributed by atoms with E-state index in [2.05, 4.69) is 4.98 Å². The molecular formula is C9H8N4. The van der Waals surface area contributed by atoms with Crippen molar-refractivity contribution in [2.75, 3.05) is 0 Å². The second-order valence-corrected chi connectivity index (χ2v) is 2.65. The molecule has 0 fully saturated rings. The van der Waals surface area contributed by atoms with Gasteiger partial charge in [-0.2, -0.15) is 10.5 Å². The van der Waals surface area contributed by atoms with Crippen molar-refractivity contribution in [3.05, 3.63) is 23.8 Å². The lowest BCUT2D eigenvalue weighted by atomic mass is 10.1. The van der Waals surface area contributed by atoms with Gasteiger partial charge in [0.1, 0.15) is 17.7 Å². The summed E-state index contributed by atoms with van der Waals surface area (Å²) in [7, 11) is 1.84. The molecule has 1 aromatic rings. The predicted molar refractivity (Wildman–Crippen MR) is 47.0 cm³/mol. The molecule has 0 unspecified atom stereocenters. The highest BCUT2D eigenvalue weighted by Crippen LogP contribution is 2.14. The van der Waals surface area contributed by atoms with E-state index in [0.29, 0.717) is 11.3 Å². The second-order valence-electron chi connectivity index (χ2n) is 2.65. The average molecular weight is 172 g/mol. The van der Waals surface area contributed by atoms with Gasteiger partial charge < -0.3 is 4.57 Å². The van der Waals surface area contributed by atoms with E-state index in [1.165, 1.54) is 0 Å². The first-order valence-corrected chi connectivity index (χ1v) is 3.68. The van der Waals surface area contributed by atoms with Gasteiger partial charge in [0.2, 0.25) is 0 Å². The molecule has 0 N–H and O–H groups in total. The molecule has 0 saturated heterocycles. The lowest BCUT2D eigenvalue weighted by molar-refractivity contribution is 0.913. The number of hydrogen-bond donors (Lipinski definition) is 0. The van der Waals surface area contributed by atoms with Crippen LogP contribution in [0.2, 0.25) is 0 Å². The molecule has 0 atom stereocenters. The third-order valence-corrected chi connectivity index (χ3v) is 1.69. The standard InChI is InChI=1S/C9H8N4/c1-7(8(3-10)4-11)9-5-13(2)6-12-9/h5-6H,1-2H3. The molecule has 0 aliphatic rings. The third-order valence-electron chi connectivity index (χ3n) is 1.69. The van der Waals surface area contributed by atoms with E-state index in [9.17, 15) is 0 Å². The smallest absolute Gasteiger partial charge is 0.134 e. The largest absolute Gasteiger partial charge is 0.340 e. The van der Waals surface area contributed by atoms with Crippen LogP contribution >= 0.6 is 0 Å². The van der Waals surface area contributed by atoms with Crippen molar-refractivity contribution in [1.82, 2.24) is 9.55 Å². The summed E-state index contributed by atoms with van der Waals surface area (Å²) < 4.78 is 1.77. The van der Waals surface area contributed by atoms with Gasteiger partial charge >= 0.3 is 0 Å². The zero-order valence-electron chi connectivity index (χ0n) is 7.44. The number of hydrogen-bond acceptors (Lipinski definition) is 3. The molecule has 0 amide bonds. The molecule has 0 radical (unpaired) electrons. The number of imidazole rings is 1. The molecule has 64 valence electrons. The van der Waals surface area contributed by atoms with Crippen LogP contribution in [0, 0.1) is 22.7 Å². The quantitative estimate of drug-likeness (QED) is 0.598. The number of rotatable bonds is 1. The first kappa shape index (κ1) is 9.02. The highest BCUT2D eigenvalue weighted by atomic mass is 15.0. The van der Waals surface area contributed by atoms with Crippen molar-refractivity contribution in [1.29, 1.82) is 10.5 Å². The van der Waals surface area contributed by atoms with Crippen molar-refractivity contribution < 1.29 is 0 Å². The Hall–Kier alpha value is -2.07. The topological polar surface area (TPSA) is 65.4 Å². The highest BCUT2D eigenvalue weighted by molar-refractivity contribution is 5.71. The van der Waals surface area contributed by atoms with Crippen molar-refractivity contribution in [2.24, 2.45) is 7.05 Å². The minimum atomic E-state index is 0.110. The maximum atomic E-state index is 8.60. The monoisotopic (exact) mass is 172 g/mol. The Bertz CT molecular complexity index is 409. The first-order chi connectivity index (χ1) is 6.19. The predicted octanol–water partition coefficient (Wildman–Crippen LogP) is 1.24. The molecule has 0 aliphatic heterocycles. The lowest BCUT2D eigenvalue weighted by Gasteiger charge is -1.93. The summed E-state index contributed by atoms with van der Waals surface area (Å²) in [4.78, 5) is 4.04. The number of nitriles is 2. The van der Waals surface area contributed by atoms with Crippen molar-refractivity contribution >= 4 is 5.57 Å². The summed E-state index contributed by atoms with van der Waals surface area (Å²) in [6.45, 7) is 1.71. The van der Waals surface area contributed by atoms with Crippen LogP contribution in [0.1, 0.15) is 12.6 Å². The van der Waals surface area contributed by atoms with Crippen LogP contribution in [0.4, 0.5) is 0 Å². The molecule has 1 aromatic heterocycles. The van der Waals surface area contributed by atoms with Gasteiger partial charge in [0, 0.05) is 18.8 Å². The zero-order valence-corrected chi connectivity index (χ0v) is 7.44. The molecule has 0 aliphatic carbocycles. The average Bonchev–Trinajstić information content (AvgIpc) is 2.54. The molecular weight excluding hydrogens is 164 g/mol. The fourth-order valence-corrected chi connectivity index (χ4v) is 0.927. The lowest BCUT2D eigenvalue weighted by Crippen LogP contribution is -1.84. The van der Waals surface area contributed by atoms with Crippen LogP contribution in [-0.4, -0.2) is 9.55 Å². The molecule has 4 nitrogen and oxygen atoms in total. The third kappa shape index (κ3) is 1.74. The summed E-state index contributed by atoms with van der Waals surface area (Å²) in [5.74, 6) is 0. The van der Waals surface area contributed by atoms with Gasteiger partial charge in [-0.25, -0.2) is 4.98 Å². The van der Waals surface area contributed by atoms with Gasteiger partial charge in [-0.1, -0.05) is 0 Å². The number of aryl methyl sites for hydroxylation is 1. The van der Waals surface area contributed by atoms with E-state index in [4.69, 9.17) is 10.5 Å². The Morgan fingerprint density at radius 1 is 1.46 bits per heavy atom. The van der Waals surface area contributed by atoms with Crippen LogP contribution in [0.25, 0.3) is 5.57 Å². The molecule has 1 rings (SSSR count). The van der Waals surface area contributed by atoms with E-state index in [0.717, 1.165) is 0 Å². The molecule has 0 spiro atoms.